The number of aromatic nitrogens is 2. The minimum Gasteiger partial charge on any atom is -0.374 e. The number of rotatable bonds is 6. The van der Waals surface area contributed by atoms with Crippen molar-refractivity contribution >= 4 is 11.6 Å². The van der Waals surface area contributed by atoms with Crippen molar-refractivity contribution in [3.05, 3.63) is 16.4 Å². The van der Waals surface area contributed by atoms with E-state index in [-0.39, 0.29) is 5.60 Å². The first-order valence-electron chi connectivity index (χ1n) is 7.18. The van der Waals surface area contributed by atoms with Gasteiger partial charge in [-0.1, -0.05) is 18.5 Å². The van der Waals surface area contributed by atoms with Gasteiger partial charge >= 0.3 is 0 Å². The van der Waals surface area contributed by atoms with E-state index < -0.39 is 0 Å². The lowest BCUT2D eigenvalue weighted by Gasteiger charge is -2.23. The first kappa shape index (κ1) is 14.8. The Hall–Kier alpha value is -0.580. The van der Waals surface area contributed by atoms with E-state index in [4.69, 9.17) is 16.3 Å². The van der Waals surface area contributed by atoms with E-state index in [9.17, 15) is 0 Å². The number of ether oxygens (including phenoxy) is 1. The molecule has 1 unspecified atom stereocenters. The van der Waals surface area contributed by atoms with Crippen molar-refractivity contribution in [2.75, 3.05) is 13.2 Å². The van der Waals surface area contributed by atoms with Crippen LogP contribution in [0.4, 0.5) is 0 Å². The lowest BCUT2D eigenvalue weighted by atomic mass is 10.0. The van der Waals surface area contributed by atoms with E-state index >= 15 is 0 Å². The molecular formula is C14H24ClN3O. The molecule has 1 aromatic rings. The van der Waals surface area contributed by atoms with Crippen LogP contribution in [0.1, 0.15) is 45.0 Å². The van der Waals surface area contributed by atoms with E-state index in [2.05, 4.69) is 31.2 Å². The molecule has 0 aliphatic carbocycles. The Labute approximate surface area is 120 Å². The van der Waals surface area contributed by atoms with E-state index in [0.29, 0.717) is 0 Å². The van der Waals surface area contributed by atoms with Gasteiger partial charge in [-0.3, -0.25) is 4.68 Å². The van der Waals surface area contributed by atoms with Gasteiger partial charge in [-0.05, 0) is 33.1 Å². The summed E-state index contributed by atoms with van der Waals surface area (Å²) < 4.78 is 7.77. The van der Waals surface area contributed by atoms with Crippen LogP contribution < -0.4 is 5.32 Å². The normalized spacial score (nSPS) is 23.2. The largest absolute Gasteiger partial charge is 0.374 e. The number of nitrogens with one attached hydrogen (secondary N) is 1. The van der Waals surface area contributed by atoms with Crippen LogP contribution in [-0.2, 0) is 24.2 Å². The maximum atomic E-state index is 6.38. The zero-order chi connectivity index (χ0) is 13.9. The molecule has 0 radical (unpaired) electrons. The SMILES string of the molecule is CCc1nn(CC)c(CNCC2(C)CCCO2)c1Cl. The molecule has 2 heterocycles. The number of halogens is 1. The predicted octanol–water partition coefficient (Wildman–Crippen LogP) is 2.78. The van der Waals surface area contributed by atoms with Crippen LogP contribution in [0.3, 0.4) is 0 Å². The fourth-order valence-corrected chi connectivity index (χ4v) is 2.94. The molecule has 1 fully saturated rings. The second-order valence-electron chi connectivity index (χ2n) is 5.38. The van der Waals surface area contributed by atoms with Gasteiger partial charge in [0.2, 0.25) is 0 Å². The minimum atomic E-state index is -0.0167. The molecule has 1 N–H and O–H groups in total. The summed E-state index contributed by atoms with van der Waals surface area (Å²) >= 11 is 6.38. The van der Waals surface area contributed by atoms with Gasteiger partial charge in [0, 0.05) is 26.2 Å². The summed E-state index contributed by atoms with van der Waals surface area (Å²) in [7, 11) is 0. The van der Waals surface area contributed by atoms with Crippen molar-refractivity contribution in [2.24, 2.45) is 0 Å². The van der Waals surface area contributed by atoms with Crippen molar-refractivity contribution in [3.8, 4) is 0 Å². The van der Waals surface area contributed by atoms with Crippen LogP contribution in [-0.4, -0.2) is 28.5 Å². The Morgan fingerprint density at radius 1 is 1.47 bits per heavy atom. The maximum absolute atomic E-state index is 6.38. The Balaban J connectivity index is 1.97. The summed E-state index contributed by atoms with van der Waals surface area (Å²) in [4.78, 5) is 0. The third-order valence-electron chi connectivity index (χ3n) is 3.79. The molecule has 4 nitrogen and oxygen atoms in total. The van der Waals surface area contributed by atoms with Crippen LogP contribution in [0.15, 0.2) is 0 Å². The highest BCUT2D eigenvalue weighted by molar-refractivity contribution is 6.31. The predicted molar refractivity (Wildman–Crippen MR) is 77.6 cm³/mol. The standard InChI is InChI=1S/C14H24ClN3O/c1-4-11-13(15)12(18(5-2)17-11)9-16-10-14(3)7-6-8-19-14/h16H,4-10H2,1-3H3. The molecule has 5 heteroatoms. The first-order valence-corrected chi connectivity index (χ1v) is 7.56. The molecule has 19 heavy (non-hydrogen) atoms. The molecule has 0 amide bonds. The highest BCUT2D eigenvalue weighted by Crippen LogP contribution is 2.25. The molecule has 108 valence electrons. The molecule has 1 aliphatic rings. The quantitative estimate of drug-likeness (QED) is 0.873. The molecule has 1 aliphatic heterocycles. The molecule has 1 aromatic heterocycles. The fraction of sp³-hybridized carbons (Fsp3) is 0.786. The minimum absolute atomic E-state index is 0.0167. The zero-order valence-corrected chi connectivity index (χ0v) is 12.9. The highest BCUT2D eigenvalue weighted by atomic mass is 35.5. The van der Waals surface area contributed by atoms with Gasteiger partial charge in [0.1, 0.15) is 0 Å². The van der Waals surface area contributed by atoms with Crippen LogP contribution in [0.5, 0.6) is 0 Å². The van der Waals surface area contributed by atoms with E-state index in [1.54, 1.807) is 0 Å². The molecule has 2 rings (SSSR count). The molecule has 0 spiro atoms. The van der Waals surface area contributed by atoms with Gasteiger partial charge in [-0.25, -0.2) is 0 Å². The summed E-state index contributed by atoms with van der Waals surface area (Å²) in [5.74, 6) is 0. The van der Waals surface area contributed by atoms with Gasteiger partial charge in [-0.15, -0.1) is 0 Å². The monoisotopic (exact) mass is 285 g/mol. The third-order valence-corrected chi connectivity index (χ3v) is 4.22. The van der Waals surface area contributed by atoms with Crippen molar-refractivity contribution < 1.29 is 4.74 Å². The summed E-state index contributed by atoms with van der Waals surface area (Å²) in [5.41, 5.74) is 2.06. The van der Waals surface area contributed by atoms with Gasteiger partial charge < -0.3 is 10.1 Å². The molecular weight excluding hydrogens is 262 g/mol. The second kappa shape index (κ2) is 6.25. The van der Waals surface area contributed by atoms with Gasteiger partial charge in [-0.2, -0.15) is 5.10 Å². The molecule has 0 aromatic carbocycles. The molecule has 0 saturated carbocycles. The summed E-state index contributed by atoms with van der Waals surface area (Å²) in [5, 5.41) is 8.81. The summed E-state index contributed by atoms with van der Waals surface area (Å²) in [6.45, 7) is 9.68. The third kappa shape index (κ3) is 3.30. The zero-order valence-electron chi connectivity index (χ0n) is 12.1. The summed E-state index contributed by atoms with van der Waals surface area (Å²) in [6, 6.07) is 0. The van der Waals surface area contributed by atoms with Gasteiger partial charge in [0.15, 0.2) is 0 Å². The van der Waals surface area contributed by atoms with E-state index in [1.807, 2.05) is 4.68 Å². The average molecular weight is 286 g/mol. The van der Waals surface area contributed by atoms with E-state index in [0.717, 1.165) is 61.9 Å². The lowest BCUT2D eigenvalue weighted by Crippen LogP contribution is -2.37. The molecule has 0 bridgehead atoms. The van der Waals surface area contributed by atoms with Gasteiger partial charge in [0.05, 0.1) is 22.0 Å². The first-order chi connectivity index (χ1) is 9.09. The summed E-state index contributed by atoms with van der Waals surface area (Å²) in [6.07, 6.45) is 3.16. The van der Waals surface area contributed by atoms with Crippen molar-refractivity contribution in [3.63, 3.8) is 0 Å². The Kier molecular flexibility index (Phi) is 4.87. The molecule has 1 saturated heterocycles. The van der Waals surface area contributed by atoms with Crippen LogP contribution in [0, 0.1) is 0 Å². The highest BCUT2D eigenvalue weighted by Gasteiger charge is 2.29. The topological polar surface area (TPSA) is 39.1 Å². The number of hydrogen-bond donors (Lipinski definition) is 1. The van der Waals surface area contributed by atoms with Crippen molar-refractivity contribution in [1.82, 2.24) is 15.1 Å². The second-order valence-corrected chi connectivity index (χ2v) is 5.76. The maximum Gasteiger partial charge on any atom is 0.0863 e. The Morgan fingerprint density at radius 3 is 2.84 bits per heavy atom. The van der Waals surface area contributed by atoms with Crippen molar-refractivity contribution in [1.29, 1.82) is 0 Å². The van der Waals surface area contributed by atoms with Crippen LogP contribution in [0.2, 0.25) is 5.02 Å². The smallest absolute Gasteiger partial charge is 0.0863 e. The van der Waals surface area contributed by atoms with Crippen molar-refractivity contribution in [2.45, 2.75) is 58.7 Å². The Morgan fingerprint density at radius 2 is 2.26 bits per heavy atom. The lowest BCUT2D eigenvalue weighted by molar-refractivity contribution is 0.0205. The number of nitrogens with zero attached hydrogens (tertiary/aromatic N) is 2. The fourth-order valence-electron chi connectivity index (χ4n) is 2.61. The average Bonchev–Trinajstić information content (AvgIpc) is 2.95. The van der Waals surface area contributed by atoms with Crippen LogP contribution >= 0.6 is 11.6 Å². The Bertz CT molecular complexity index is 425. The number of aryl methyl sites for hydroxylation is 2. The van der Waals surface area contributed by atoms with E-state index in [1.165, 1.54) is 0 Å². The number of hydrogen-bond acceptors (Lipinski definition) is 3. The molecule has 1 atom stereocenters. The van der Waals surface area contributed by atoms with Crippen LogP contribution in [0.25, 0.3) is 0 Å². The van der Waals surface area contributed by atoms with Gasteiger partial charge in [0.25, 0.3) is 0 Å².